The maximum Gasteiger partial charge on any atom is 0.225 e. The Kier molecular flexibility index (Phi) is 2.46. The Bertz CT molecular complexity index is 300. The van der Waals surface area contributed by atoms with Gasteiger partial charge >= 0.3 is 0 Å². The molecule has 90 valence electrons. The van der Waals surface area contributed by atoms with E-state index in [0.29, 0.717) is 29.7 Å². The highest BCUT2D eigenvalue weighted by Gasteiger charge is 2.44. The monoisotopic (exact) mass is 222 g/mol. The average molecular weight is 222 g/mol. The van der Waals surface area contributed by atoms with Crippen molar-refractivity contribution in [1.29, 1.82) is 0 Å². The zero-order valence-electron chi connectivity index (χ0n) is 10.1. The lowest BCUT2D eigenvalue weighted by atomic mass is 9.98. The summed E-state index contributed by atoms with van der Waals surface area (Å²) in [5.41, 5.74) is 6.09. The number of carbonyl (C=O) groups excluding carboxylic acids is 1. The van der Waals surface area contributed by atoms with Gasteiger partial charge in [-0.2, -0.15) is 0 Å². The fraction of sp³-hybridized carbons (Fsp3) is 0.923. The number of likely N-dealkylation sites (tertiary alicyclic amines) is 1. The molecule has 0 aromatic carbocycles. The van der Waals surface area contributed by atoms with E-state index in [0.717, 1.165) is 19.5 Å². The summed E-state index contributed by atoms with van der Waals surface area (Å²) in [4.78, 5) is 14.3. The fourth-order valence-corrected chi connectivity index (χ4v) is 3.57. The van der Waals surface area contributed by atoms with Crippen LogP contribution >= 0.6 is 0 Å². The second-order valence-corrected chi connectivity index (χ2v) is 6.03. The lowest BCUT2D eigenvalue weighted by Crippen LogP contribution is -2.36. The maximum atomic E-state index is 12.2. The molecule has 3 heteroatoms. The van der Waals surface area contributed by atoms with Gasteiger partial charge in [-0.3, -0.25) is 4.79 Å². The molecule has 3 nitrogen and oxygen atoms in total. The molecule has 3 fully saturated rings. The highest BCUT2D eigenvalue weighted by atomic mass is 16.2. The molecule has 0 bridgehead atoms. The molecule has 16 heavy (non-hydrogen) atoms. The van der Waals surface area contributed by atoms with Gasteiger partial charge in [-0.05, 0) is 43.4 Å². The van der Waals surface area contributed by atoms with Crippen molar-refractivity contribution in [3.05, 3.63) is 0 Å². The zero-order valence-corrected chi connectivity index (χ0v) is 10.1. The third-order valence-corrected chi connectivity index (χ3v) is 4.94. The van der Waals surface area contributed by atoms with Crippen molar-refractivity contribution in [2.24, 2.45) is 29.4 Å². The van der Waals surface area contributed by atoms with E-state index in [4.69, 9.17) is 5.73 Å². The molecule has 0 spiro atoms. The van der Waals surface area contributed by atoms with Crippen LogP contribution in [-0.2, 0) is 4.79 Å². The van der Waals surface area contributed by atoms with Crippen molar-refractivity contribution in [2.45, 2.75) is 38.6 Å². The van der Waals surface area contributed by atoms with Gasteiger partial charge in [0.2, 0.25) is 5.91 Å². The SMILES string of the molecule is CC(C(=O)N1CC2CCC(N)C2C1)C1CC1. The molecule has 0 radical (unpaired) electrons. The lowest BCUT2D eigenvalue weighted by Gasteiger charge is -2.22. The van der Waals surface area contributed by atoms with Crippen LogP contribution in [-0.4, -0.2) is 29.9 Å². The van der Waals surface area contributed by atoms with Crippen LogP contribution in [0, 0.1) is 23.7 Å². The van der Waals surface area contributed by atoms with Gasteiger partial charge in [0.1, 0.15) is 0 Å². The molecule has 1 heterocycles. The van der Waals surface area contributed by atoms with Crippen molar-refractivity contribution >= 4 is 5.91 Å². The summed E-state index contributed by atoms with van der Waals surface area (Å²) in [6.45, 7) is 4.02. The molecule has 4 unspecified atom stereocenters. The van der Waals surface area contributed by atoms with Gasteiger partial charge in [0, 0.05) is 25.0 Å². The Morgan fingerprint density at radius 1 is 1.25 bits per heavy atom. The van der Waals surface area contributed by atoms with Gasteiger partial charge in [0.05, 0.1) is 0 Å². The quantitative estimate of drug-likeness (QED) is 0.764. The number of nitrogens with two attached hydrogens (primary N) is 1. The van der Waals surface area contributed by atoms with Gasteiger partial charge in [0.15, 0.2) is 0 Å². The van der Waals surface area contributed by atoms with Gasteiger partial charge < -0.3 is 10.6 Å². The van der Waals surface area contributed by atoms with Crippen molar-refractivity contribution in [3.63, 3.8) is 0 Å². The van der Waals surface area contributed by atoms with Crippen LogP contribution in [0.3, 0.4) is 0 Å². The first-order valence-electron chi connectivity index (χ1n) is 6.71. The van der Waals surface area contributed by atoms with Crippen LogP contribution in [0.4, 0.5) is 0 Å². The molecule has 1 amide bonds. The predicted octanol–water partition coefficient (Wildman–Crippen LogP) is 1.23. The first-order chi connectivity index (χ1) is 7.66. The van der Waals surface area contributed by atoms with E-state index in [1.54, 1.807) is 0 Å². The average Bonchev–Trinajstić information content (AvgIpc) is 2.95. The fourth-order valence-electron chi connectivity index (χ4n) is 3.57. The van der Waals surface area contributed by atoms with E-state index in [1.165, 1.54) is 19.3 Å². The summed E-state index contributed by atoms with van der Waals surface area (Å²) in [5, 5.41) is 0. The first kappa shape index (κ1) is 10.6. The molecule has 2 saturated carbocycles. The van der Waals surface area contributed by atoms with Gasteiger partial charge in [-0.25, -0.2) is 0 Å². The second kappa shape index (κ2) is 3.73. The van der Waals surface area contributed by atoms with Crippen molar-refractivity contribution in [2.75, 3.05) is 13.1 Å². The number of nitrogens with zero attached hydrogens (tertiary/aromatic N) is 1. The molecule has 4 atom stereocenters. The zero-order chi connectivity index (χ0) is 11.3. The number of amides is 1. The summed E-state index contributed by atoms with van der Waals surface area (Å²) in [6.07, 6.45) is 4.91. The highest BCUT2D eigenvalue weighted by Crippen LogP contribution is 2.41. The molecule has 3 aliphatic rings. The van der Waals surface area contributed by atoms with E-state index < -0.39 is 0 Å². The Morgan fingerprint density at radius 2 is 2.00 bits per heavy atom. The van der Waals surface area contributed by atoms with Gasteiger partial charge in [0.25, 0.3) is 0 Å². The summed E-state index contributed by atoms with van der Waals surface area (Å²) >= 11 is 0. The molecule has 3 rings (SSSR count). The van der Waals surface area contributed by atoms with Crippen LogP contribution in [0.25, 0.3) is 0 Å². The van der Waals surface area contributed by atoms with Crippen LogP contribution in [0.1, 0.15) is 32.6 Å². The third-order valence-electron chi connectivity index (χ3n) is 4.94. The Morgan fingerprint density at radius 3 is 2.62 bits per heavy atom. The summed E-state index contributed by atoms with van der Waals surface area (Å²) in [6, 6.07) is 0.346. The topological polar surface area (TPSA) is 46.3 Å². The third kappa shape index (κ3) is 1.65. The number of carbonyl (C=O) groups is 1. The first-order valence-corrected chi connectivity index (χ1v) is 6.71. The Balaban J connectivity index is 1.62. The molecule has 0 aromatic heterocycles. The Hall–Kier alpha value is -0.570. The molecule has 0 aromatic rings. The summed E-state index contributed by atoms with van der Waals surface area (Å²) in [5.74, 6) is 2.63. The van der Waals surface area contributed by atoms with Crippen molar-refractivity contribution < 1.29 is 4.79 Å². The lowest BCUT2D eigenvalue weighted by molar-refractivity contribution is -0.134. The largest absolute Gasteiger partial charge is 0.342 e. The van der Waals surface area contributed by atoms with Crippen LogP contribution in [0.15, 0.2) is 0 Å². The van der Waals surface area contributed by atoms with Crippen molar-refractivity contribution in [3.8, 4) is 0 Å². The molecular weight excluding hydrogens is 200 g/mol. The smallest absolute Gasteiger partial charge is 0.225 e. The summed E-state index contributed by atoms with van der Waals surface area (Å²) < 4.78 is 0. The minimum Gasteiger partial charge on any atom is -0.342 e. The van der Waals surface area contributed by atoms with E-state index in [-0.39, 0.29) is 5.92 Å². The number of rotatable bonds is 2. The van der Waals surface area contributed by atoms with Crippen LogP contribution < -0.4 is 5.73 Å². The number of fused-ring (bicyclic) bond motifs is 1. The van der Waals surface area contributed by atoms with E-state index in [1.807, 2.05) is 0 Å². The van der Waals surface area contributed by atoms with E-state index >= 15 is 0 Å². The molecular formula is C13H22N2O. The van der Waals surface area contributed by atoms with E-state index in [9.17, 15) is 4.79 Å². The van der Waals surface area contributed by atoms with Crippen LogP contribution in [0.2, 0.25) is 0 Å². The molecule has 1 aliphatic heterocycles. The minimum atomic E-state index is 0.259. The Labute approximate surface area is 97.4 Å². The molecule has 1 saturated heterocycles. The summed E-state index contributed by atoms with van der Waals surface area (Å²) in [7, 11) is 0. The second-order valence-electron chi connectivity index (χ2n) is 6.03. The standard InChI is InChI=1S/C13H22N2O/c1-8(9-2-3-9)13(16)15-6-10-4-5-12(14)11(10)7-15/h8-12H,2-7,14H2,1H3. The predicted molar refractivity (Wildman–Crippen MR) is 62.7 cm³/mol. The number of hydrogen-bond donors (Lipinski definition) is 1. The maximum absolute atomic E-state index is 12.2. The number of hydrogen-bond acceptors (Lipinski definition) is 2. The van der Waals surface area contributed by atoms with Crippen LogP contribution in [0.5, 0.6) is 0 Å². The van der Waals surface area contributed by atoms with Gasteiger partial charge in [-0.1, -0.05) is 6.92 Å². The van der Waals surface area contributed by atoms with Gasteiger partial charge in [-0.15, -0.1) is 0 Å². The minimum absolute atomic E-state index is 0.259. The molecule has 2 N–H and O–H groups in total. The van der Waals surface area contributed by atoms with E-state index in [2.05, 4.69) is 11.8 Å². The normalized spacial score (nSPS) is 39.9. The highest BCUT2D eigenvalue weighted by molar-refractivity contribution is 5.79. The molecule has 2 aliphatic carbocycles. The van der Waals surface area contributed by atoms with Crippen molar-refractivity contribution in [1.82, 2.24) is 4.90 Å².